The van der Waals surface area contributed by atoms with E-state index in [0.29, 0.717) is 24.3 Å². The molecule has 0 radical (unpaired) electrons. The van der Waals surface area contributed by atoms with E-state index in [-0.39, 0.29) is 11.2 Å². The highest BCUT2D eigenvalue weighted by Crippen LogP contribution is 2.08. The molecule has 4 rings (SSSR count). The molecule has 2 aromatic heterocycles. The third kappa shape index (κ3) is 3.15. The molecule has 7 heteroatoms. The van der Waals surface area contributed by atoms with Gasteiger partial charge in [-0.25, -0.2) is 9.78 Å². The second kappa shape index (κ2) is 6.95. The molecule has 1 N–H and O–H groups in total. The minimum absolute atomic E-state index is 0.0876. The zero-order chi connectivity index (χ0) is 18.8. The minimum atomic E-state index is -0.212. The summed E-state index contributed by atoms with van der Waals surface area (Å²) in [4.78, 5) is 22.8. The van der Waals surface area contributed by atoms with Crippen molar-refractivity contribution in [2.75, 3.05) is 0 Å². The number of hydrogen-bond donors (Lipinski definition) is 1. The maximum atomic E-state index is 12.7. The summed E-state index contributed by atoms with van der Waals surface area (Å²) in [5, 5.41) is 8.55. The van der Waals surface area contributed by atoms with Crippen molar-refractivity contribution in [3.05, 3.63) is 94.1 Å². The molecule has 2 heterocycles. The predicted molar refractivity (Wildman–Crippen MR) is 101 cm³/mol. The third-order valence-electron chi connectivity index (χ3n) is 4.44. The standard InChI is InChI=1S/C20H19N5O2/c1-23-19-17(24(20(23)26)12-15-8-4-2-5-9-15)18(21)25(14-22-19)27-13-16-10-6-3-7-11-16/h2-11,14,21H,12-13H2,1H3. The fourth-order valence-corrected chi connectivity index (χ4v) is 3.03. The Hall–Kier alpha value is -3.61. The van der Waals surface area contributed by atoms with Gasteiger partial charge in [-0.1, -0.05) is 60.7 Å². The van der Waals surface area contributed by atoms with Gasteiger partial charge in [0.05, 0.1) is 6.54 Å². The molecule has 0 atom stereocenters. The van der Waals surface area contributed by atoms with E-state index >= 15 is 0 Å². The van der Waals surface area contributed by atoms with Crippen LogP contribution in [-0.2, 0) is 20.2 Å². The minimum Gasteiger partial charge on any atom is -0.406 e. The van der Waals surface area contributed by atoms with Crippen LogP contribution in [0.15, 0.2) is 71.8 Å². The molecule has 0 saturated heterocycles. The van der Waals surface area contributed by atoms with E-state index in [1.807, 2.05) is 60.7 Å². The maximum absolute atomic E-state index is 12.7. The highest BCUT2D eigenvalue weighted by molar-refractivity contribution is 5.69. The predicted octanol–water partition coefficient (Wildman–Crippen LogP) is 1.69. The van der Waals surface area contributed by atoms with Crippen molar-refractivity contribution in [1.82, 2.24) is 18.8 Å². The first kappa shape index (κ1) is 16.8. The van der Waals surface area contributed by atoms with E-state index < -0.39 is 0 Å². The molecule has 0 aliphatic rings. The van der Waals surface area contributed by atoms with Crippen LogP contribution >= 0.6 is 0 Å². The quantitative estimate of drug-likeness (QED) is 0.588. The molecule has 136 valence electrons. The second-order valence-corrected chi connectivity index (χ2v) is 6.26. The van der Waals surface area contributed by atoms with Gasteiger partial charge < -0.3 is 4.84 Å². The average molecular weight is 361 g/mol. The topological polar surface area (TPSA) is 77.8 Å². The zero-order valence-corrected chi connectivity index (χ0v) is 14.9. The van der Waals surface area contributed by atoms with Gasteiger partial charge in [0.1, 0.15) is 18.5 Å². The van der Waals surface area contributed by atoms with Gasteiger partial charge in [-0.15, -0.1) is 0 Å². The summed E-state index contributed by atoms with van der Waals surface area (Å²) in [6.07, 6.45) is 1.43. The first-order valence-electron chi connectivity index (χ1n) is 8.58. The van der Waals surface area contributed by atoms with Crippen molar-refractivity contribution in [3.63, 3.8) is 0 Å². The number of rotatable bonds is 5. The Labute approximate surface area is 155 Å². The van der Waals surface area contributed by atoms with Gasteiger partial charge in [0, 0.05) is 7.05 Å². The van der Waals surface area contributed by atoms with Crippen LogP contribution in [0.2, 0.25) is 0 Å². The summed E-state index contributed by atoms with van der Waals surface area (Å²) in [7, 11) is 1.66. The van der Waals surface area contributed by atoms with Gasteiger partial charge in [0.25, 0.3) is 0 Å². The van der Waals surface area contributed by atoms with Crippen LogP contribution in [0.25, 0.3) is 11.2 Å². The Morgan fingerprint density at radius 1 is 1.00 bits per heavy atom. The molecule has 0 spiro atoms. The number of imidazole rings is 1. The lowest BCUT2D eigenvalue weighted by Gasteiger charge is -2.10. The van der Waals surface area contributed by atoms with Crippen LogP contribution in [0.3, 0.4) is 0 Å². The number of fused-ring (bicyclic) bond motifs is 1. The lowest BCUT2D eigenvalue weighted by molar-refractivity contribution is 0.0849. The van der Waals surface area contributed by atoms with Crippen LogP contribution in [0, 0.1) is 5.41 Å². The Kier molecular flexibility index (Phi) is 4.33. The fraction of sp³-hybridized carbons (Fsp3) is 0.150. The molecule has 0 bridgehead atoms. The Balaban J connectivity index is 1.76. The zero-order valence-electron chi connectivity index (χ0n) is 14.9. The van der Waals surface area contributed by atoms with Gasteiger partial charge in [-0.3, -0.25) is 14.5 Å². The van der Waals surface area contributed by atoms with Crippen LogP contribution in [-0.4, -0.2) is 18.8 Å². The summed E-state index contributed by atoms with van der Waals surface area (Å²) < 4.78 is 4.32. The first-order chi connectivity index (χ1) is 13.1. The largest absolute Gasteiger partial charge is 0.406 e. The van der Waals surface area contributed by atoms with Crippen molar-refractivity contribution >= 4 is 11.2 Å². The smallest absolute Gasteiger partial charge is 0.330 e. The van der Waals surface area contributed by atoms with E-state index in [2.05, 4.69) is 4.98 Å². The fourth-order valence-electron chi connectivity index (χ4n) is 3.03. The van der Waals surface area contributed by atoms with E-state index in [1.165, 1.54) is 15.6 Å². The molecule has 7 nitrogen and oxygen atoms in total. The summed E-state index contributed by atoms with van der Waals surface area (Å²) in [6, 6.07) is 19.4. The van der Waals surface area contributed by atoms with E-state index in [4.69, 9.17) is 10.2 Å². The van der Waals surface area contributed by atoms with Gasteiger partial charge in [-0.2, -0.15) is 4.73 Å². The lowest BCUT2D eigenvalue weighted by Crippen LogP contribution is -2.30. The number of hydrogen-bond acceptors (Lipinski definition) is 4. The van der Waals surface area contributed by atoms with Gasteiger partial charge in [0.15, 0.2) is 11.1 Å². The highest BCUT2D eigenvalue weighted by atomic mass is 16.7. The normalized spacial score (nSPS) is 11.0. The molecule has 4 aromatic rings. The van der Waals surface area contributed by atoms with Crippen LogP contribution < -0.4 is 16.0 Å². The molecule has 0 amide bonds. The van der Waals surface area contributed by atoms with Crippen molar-refractivity contribution in [2.24, 2.45) is 7.05 Å². The number of aryl methyl sites for hydroxylation is 1. The van der Waals surface area contributed by atoms with E-state index in [1.54, 1.807) is 11.6 Å². The second-order valence-electron chi connectivity index (χ2n) is 6.26. The highest BCUT2D eigenvalue weighted by Gasteiger charge is 2.16. The SMILES string of the molecule is Cn1c(=O)n(Cc2ccccc2)c2c(=N)n(OCc3ccccc3)cnc21. The monoisotopic (exact) mass is 361 g/mol. The molecule has 0 aliphatic carbocycles. The number of nitrogens with one attached hydrogen (secondary N) is 1. The summed E-state index contributed by atoms with van der Waals surface area (Å²) in [5.74, 6) is 0. The molecule has 2 aromatic carbocycles. The van der Waals surface area contributed by atoms with Crippen LogP contribution in [0.5, 0.6) is 0 Å². The van der Waals surface area contributed by atoms with E-state index in [9.17, 15) is 4.79 Å². The van der Waals surface area contributed by atoms with Crippen molar-refractivity contribution < 1.29 is 4.84 Å². The summed E-state index contributed by atoms with van der Waals surface area (Å²) >= 11 is 0. The first-order valence-corrected chi connectivity index (χ1v) is 8.58. The lowest BCUT2D eigenvalue weighted by atomic mass is 10.2. The molecule has 27 heavy (non-hydrogen) atoms. The molecule has 0 fully saturated rings. The summed E-state index contributed by atoms with van der Waals surface area (Å²) in [5.41, 5.74) is 2.74. The van der Waals surface area contributed by atoms with Gasteiger partial charge in [-0.05, 0) is 11.1 Å². The number of benzene rings is 2. The number of nitrogens with zero attached hydrogens (tertiary/aromatic N) is 4. The van der Waals surface area contributed by atoms with Crippen LogP contribution in [0.1, 0.15) is 11.1 Å². The maximum Gasteiger partial charge on any atom is 0.330 e. The van der Waals surface area contributed by atoms with Gasteiger partial charge >= 0.3 is 5.69 Å². The molecular weight excluding hydrogens is 342 g/mol. The molecule has 0 aliphatic heterocycles. The third-order valence-corrected chi connectivity index (χ3v) is 4.44. The number of aromatic nitrogens is 4. The molecule has 0 saturated carbocycles. The van der Waals surface area contributed by atoms with Crippen molar-refractivity contribution in [3.8, 4) is 0 Å². The Morgan fingerprint density at radius 3 is 2.30 bits per heavy atom. The Bertz CT molecular complexity index is 1190. The molecule has 0 unspecified atom stereocenters. The Morgan fingerprint density at radius 2 is 1.63 bits per heavy atom. The van der Waals surface area contributed by atoms with Crippen molar-refractivity contribution in [1.29, 1.82) is 5.41 Å². The summed E-state index contributed by atoms with van der Waals surface area (Å²) in [6.45, 7) is 0.674. The average Bonchev–Trinajstić information content (AvgIpc) is 2.94. The van der Waals surface area contributed by atoms with E-state index in [0.717, 1.165) is 11.1 Å². The van der Waals surface area contributed by atoms with Crippen molar-refractivity contribution in [2.45, 2.75) is 13.2 Å². The van der Waals surface area contributed by atoms with Gasteiger partial charge in [0.2, 0.25) is 0 Å². The van der Waals surface area contributed by atoms with Crippen LogP contribution in [0.4, 0.5) is 0 Å². The molecular formula is C20H19N5O2.